The van der Waals surface area contributed by atoms with Crippen molar-refractivity contribution in [1.29, 1.82) is 0 Å². The number of ether oxygens (including phenoxy) is 1. The van der Waals surface area contributed by atoms with Crippen LogP contribution in [0.15, 0.2) is 23.1 Å². The third-order valence-electron chi connectivity index (χ3n) is 3.32. The molecule has 0 aromatic heterocycles. The molecular formula is C14H16ClNO5S. The summed E-state index contributed by atoms with van der Waals surface area (Å²) < 4.78 is 28.3. The van der Waals surface area contributed by atoms with Gasteiger partial charge in [-0.2, -0.15) is 0 Å². The number of sulfone groups is 1. The topological polar surface area (TPSA) is 89.5 Å². The molecule has 0 aliphatic carbocycles. The van der Waals surface area contributed by atoms with Crippen molar-refractivity contribution in [2.24, 2.45) is 0 Å². The van der Waals surface area contributed by atoms with Crippen LogP contribution in [0.3, 0.4) is 0 Å². The van der Waals surface area contributed by atoms with Crippen molar-refractivity contribution in [1.82, 2.24) is 5.32 Å². The first-order chi connectivity index (χ1) is 10.3. The first kappa shape index (κ1) is 16.8. The molecule has 6 nitrogen and oxygen atoms in total. The average molecular weight is 346 g/mol. The predicted molar refractivity (Wildman–Crippen MR) is 80.6 cm³/mol. The van der Waals surface area contributed by atoms with E-state index < -0.39 is 21.9 Å². The number of hydrogen-bond donors (Lipinski definition) is 1. The molecule has 1 aromatic rings. The summed E-state index contributed by atoms with van der Waals surface area (Å²) in [7, 11) is -3.47. The largest absolute Gasteiger partial charge is 0.449 e. The smallest absolute Gasteiger partial charge is 0.340 e. The van der Waals surface area contributed by atoms with E-state index in [1.165, 1.54) is 12.1 Å². The molecule has 2 rings (SSSR count). The number of amides is 1. The van der Waals surface area contributed by atoms with Gasteiger partial charge in [-0.3, -0.25) is 4.79 Å². The van der Waals surface area contributed by atoms with Crippen LogP contribution in [-0.4, -0.2) is 39.2 Å². The minimum Gasteiger partial charge on any atom is -0.449 e. The van der Waals surface area contributed by atoms with Crippen LogP contribution < -0.4 is 5.32 Å². The van der Waals surface area contributed by atoms with Gasteiger partial charge in [0, 0.05) is 12.8 Å². The molecule has 1 heterocycles. The molecule has 0 bridgehead atoms. The van der Waals surface area contributed by atoms with Crippen LogP contribution in [0, 0.1) is 0 Å². The van der Waals surface area contributed by atoms with E-state index in [9.17, 15) is 18.0 Å². The Labute approximate surface area is 133 Å². The van der Waals surface area contributed by atoms with E-state index >= 15 is 0 Å². The number of benzene rings is 1. The van der Waals surface area contributed by atoms with Gasteiger partial charge in [-0.1, -0.05) is 11.6 Å². The Morgan fingerprint density at radius 1 is 1.36 bits per heavy atom. The highest BCUT2D eigenvalue weighted by molar-refractivity contribution is 7.90. The number of halogens is 1. The summed E-state index contributed by atoms with van der Waals surface area (Å²) in [5.74, 6) is -1.15. The zero-order chi connectivity index (χ0) is 16.3. The summed E-state index contributed by atoms with van der Waals surface area (Å²) in [5, 5.41) is 2.73. The summed E-state index contributed by atoms with van der Waals surface area (Å²) in [4.78, 5) is 23.9. The van der Waals surface area contributed by atoms with Crippen molar-refractivity contribution in [3.05, 3.63) is 28.8 Å². The molecule has 8 heteroatoms. The maximum Gasteiger partial charge on any atom is 0.340 e. The van der Waals surface area contributed by atoms with E-state index in [1.807, 2.05) is 0 Å². The highest BCUT2D eigenvalue weighted by Crippen LogP contribution is 2.22. The third kappa shape index (κ3) is 3.98. The van der Waals surface area contributed by atoms with Gasteiger partial charge in [0.2, 0.25) is 0 Å². The van der Waals surface area contributed by atoms with Crippen molar-refractivity contribution in [2.45, 2.75) is 30.3 Å². The molecule has 1 saturated heterocycles. The van der Waals surface area contributed by atoms with Gasteiger partial charge in [-0.15, -0.1) is 0 Å². The lowest BCUT2D eigenvalue weighted by Gasteiger charge is -2.15. The van der Waals surface area contributed by atoms with Crippen LogP contribution in [0.1, 0.15) is 29.6 Å². The van der Waals surface area contributed by atoms with E-state index in [1.54, 1.807) is 0 Å². The summed E-state index contributed by atoms with van der Waals surface area (Å²) in [6.45, 7) is 0.553. The lowest BCUT2D eigenvalue weighted by molar-refractivity contribution is -0.129. The molecule has 1 aliphatic heterocycles. The van der Waals surface area contributed by atoms with E-state index in [-0.39, 0.29) is 21.4 Å². The zero-order valence-electron chi connectivity index (χ0n) is 12.0. The maximum atomic E-state index is 12.2. The van der Waals surface area contributed by atoms with Crippen molar-refractivity contribution < 1.29 is 22.7 Å². The predicted octanol–water partition coefficient (Wildman–Crippen LogP) is 1.57. The van der Waals surface area contributed by atoms with E-state index in [2.05, 4.69) is 5.32 Å². The van der Waals surface area contributed by atoms with Crippen LogP contribution in [0.4, 0.5) is 0 Å². The van der Waals surface area contributed by atoms with E-state index in [0.29, 0.717) is 13.0 Å². The van der Waals surface area contributed by atoms with Crippen molar-refractivity contribution in [2.75, 3.05) is 12.8 Å². The molecule has 1 amide bonds. The number of carbonyl (C=O) groups is 2. The van der Waals surface area contributed by atoms with Crippen LogP contribution in [-0.2, 0) is 19.4 Å². The molecule has 1 N–H and O–H groups in total. The Morgan fingerprint density at radius 3 is 2.77 bits per heavy atom. The molecule has 0 radical (unpaired) electrons. The highest BCUT2D eigenvalue weighted by Gasteiger charge is 2.26. The summed E-state index contributed by atoms with van der Waals surface area (Å²) in [6, 6.07) is 3.79. The maximum absolute atomic E-state index is 12.2. The SMILES string of the molecule is CS(=O)(=O)c1ccc(Cl)c(C(=O)O[C@@H]2CCCCNC2=O)c1. The number of nitrogens with one attached hydrogen (secondary N) is 1. The lowest BCUT2D eigenvalue weighted by Crippen LogP contribution is -2.36. The van der Waals surface area contributed by atoms with E-state index in [4.69, 9.17) is 16.3 Å². The Hall–Kier alpha value is -1.60. The van der Waals surface area contributed by atoms with Gasteiger partial charge in [0.1, 0.15) is 0 Å². The second-order valence-electron chi connectivity index (χ2n) is 5.09. The average Bonchev–Trinajstić information content (AvgIpc) is 2.63. The van der Waals surface area contributed by atoms with Gasteiger partial charge in [0.15, 0.2) is 15.9 Å². The lowest BCUT2D eigenvalue weighted by atomic mass is 10.1. The zero-order valence-corrected chi connectivity index (χ0v) is 13.5. The molecule has 0 unspecified atom stereocenters. The Morgan fingerprint density at radius 2 is 2.09 bits per heavy atom. The number of rotatable bonds is 3. The summed E-state index contributed by atoms with van der Waals surface area (Å²) in [6.07, 6.45) is 2.16. The van der Waals surface area contributed by atoms with Gasteiger partial charge in [-0.05, 0) is 37.5 Å². The van der Waals surface area contributed by atoms with Crippen LogP contribution in [0.2, 0.25) is 5.02 Å². The standard InChI is InChI=1S/C14H16ClNO5S/c1-22(19,20)9-5-6-11(15)10(8-9)14(18)21-12-4-2-3-7-16-13(12)17/h5-6,8,12H,2-4,7H2,1H3,(H,16,17)/t12-/m1/s1. The monoisotopic (exact) mass is 345 g/mol. The van der Waals surface area contributed by atoms with Crippen LogP contribution >= 0.6 is 11.6 Å². The Balaban J connectivity index is 2.23. The van der Waals surface area contributed by atoms with Gasteiger partial charge < -0.3 is 10.1 Å². The number of hydrogen-bond acceptors (Lipinski definition) is 5. The first-order valence-corrected chi connectivity index (χ1v) is 9.04. The molecule has 120 valence electrons. The highest BCUT2D eigenvalue weighted by atomic mass is 35.5. The number of esters is 1. The third-order valence-corrected chi connectivity index (χ3v) is 4.76. The fourth-order valence-corrected chi connectivity index (χ4v) is 2.95. The van der Waals surface area contributed by atoms with Gasteiger partial charge >= 0.3 is 5.97 Å². The molecule has 0 saturated carbocycles. The molecular weight excluding hydrogens is 330 g/mol. The van der Waals surface area contributed by atoms with Crippen molar-refractivity contribution >= 4 is 33.3 Å². The summed E-state index contributed by atoms with van der Waals surface area (Å²) in [5.41, 5.74) is -0.0679. The van der Waals surface area contributed by atoms with Gasteiger partial charge in [0.25, 0.3) is 5.91 Å². The molecule has 1 atom stereocenters. The fraction of sp³-hybridized carbons (Fsp3) is 0.429. The van der Waals surface area contributed by atoms with Crippen molar-refractivity contribution in [3.63, 3.8) is 0 Å². The molecule has 22 heavy (non-hydrogen) atoms. The van der Waals surface area contributed by atoms with Crippen LogP contribution in [0.5, 0.6) is 0 Å². The normalized spacial score (nSPS) is 19.2. The Kier molecular flexibility index (Phi) is 5.08. The second kappa shape index (κ2) is 6.66. The first-order valence-electron chi connectivity index (χ1n) is 6.77. The second-order valence-corrected chi connectivity index (χ2v) is 7.52. The van der Waals surface area contributed by atoms with Gasteiger partial charge in [0.05, 0.1) is 15.5 Å². The van der Waals surface area contributed by atoms with Gasteiger partial charge in [-0.25, -0.2) is 13.2 Å². The quantitative estimate of drug-likeness (QED) is 0.840. The molecule has 0 spiro atoms. The molecule has 1 fully saturated rings. The number of carbonyl (C=O) groups excluding carboxylic acids is 2. The van der Waals surface area contributed by atoms with Crippen LogP contribution in [0.25, 0.3) is 0 Å². The Bertz CT molecular complexity index is 701. The summed E-state index contributed by atoms with van der Waals surface area (Å²) >= 11 is 5.93. The minimum atomic E-state index is -3.47. The molecule has 1 aromatic carbocycles. The van der Waals surface area contributed by atoms with Crippen molar-refractivity contribution in [3.8, 4) is 0 Å². The minimum absolute atomic E-state index is 0.0332. The molecule has 1 aliphatic rings. The fourth-order valence-electron chi connectivity index (χ4n) is 2.11. The van der Waals surface area contributed by atoms with E-state index in [0.717, 1.165) is 25.2 Å².